The highest BCUT2D eigenvalue weighted by molar-refractivity contribution is 5.85. The zero-order chi connectivity index (χ0) is 14.8. The number of benzene rings is 1. The molecule has 1 aromatic carbocycles. The van der Waals surface area contributed by atoms with E-state index in [1.165, 1.54) is 12.7 Å². The number of methoxy groups -OCH3 is 1. The molecule has 1 atom stereocenters. The Morgan fingerprint density at radius 2 is 2.36 bits per heavy atom. The van der Waals surface area contributed by atoms with Gasteiger partial charge in [0.05, 0.1) is 24.7 Å². The van der Waals surface area contributed by atoms with E-state index in [-0.39, 0.29) is 18.5 Å². The molecule has 1 aromatic heterocycles. The first-order valence-electron chi connectivity index (χ1n) is 7.22. The Hall–Kier alpha value is -1.79. The van der Waals surface area contributed by atoms with Gasteiger partial charge in [-0.15, -0.1) is 12.4 Å². The summed E-state index contributed by atoms with van der Waals surface area (Å²) in [7, 11) is 1.43. The van der Waals surface area contributed by atoms with E-state index in [1.54, 1.807) is 4.90 Å². The minimum absolute atomic E-state index is 0. The van der Waals surface area contributed by atoms with Gasteiger partial charge in [0.1, 0.15) is 5.82 Å². The number of nitrogens with two attached hydrogens (primary N) is 1. The van der Waals surface area contributed by atoms with Crippen LogP contribution in [-0.4, -0.2) is 41.2 Å². The Labute approximate surface area is 135 Å². The molecule has 0 spiro atoms. The van der Waals surface area contributed by atoms with E-state index >= 15 is 0 Å². The van der Waals surface area contributed by atoms with Crippen molar-refractivity contribution in [1.82, 2.24) is 14.9 Å². The van der Waals surface area contributed by atoms with Crippen LogP contribution in [0.1, 0.15) is 30.1 Å². The van der Waals surface area contributed by atoms with Gasteiger partial charge in [0, 0.05) is 19.0 Å². The summed E-state index contributed by atoms with van der Waals surface area (Å²) in [5.41, 5.74) is 8.77. The molecule has 3 rings (SSSR count). The molecule has 0 bridgehead atoms. The number of ether oxygens (including phenoxy) is 1. The number of carbonyl (C=O) groups is 1. The fourth-order valence-electron chi connectivity index (χ4n) is 2.97. The number of piperidine rings is 1. The van der Waals surface area contributed by atoms with Gasteiger partial charge in [0.25, 0.3) is 0 Å². The van der Waals surface area contributed by atoms with Crippen molar-refractivity contribution in [2.45, 2.75) is 25.3 Å². The number of halogens is 1. The summed E-state index contributed by atoms with van der Waals surface area (Å²) in [5, 5.41) is 0. The van der Waals surface area contributed by atoms with Crippen LogP contribution < -0.4 is 5.73 Å². The van der Waals surface area contributed by atoms with Crippen LogP contribution in [0.4, 0.5) is 4.79 Å². The van der Waals surface area contributed by atoms with Crippen LogP contribution in [-0.2, 0) is 11.3 Å². The highest BCUT2D eigenvalue weighted by atomic mass is 35.5. The largest absolute Gasteiger partial charge is 0.453 e. The number of aromatic nitrogens is 2. The van der Waals surface area contributed by atoms with Crippen molar-refractivity contribution >= 4 is 29.5 Å². The molecule has 6 nitrogen and oxygen atoms in total. The van der Waals surface area contributed by atoms with Gasteiger partial charge in [-0.1, -0.05) is 6.07 Å². The van der Waals surface area contributed by atoms with E-state index in [4.69, 9.17) is 10.5 Å². The molecule has 22 heavy (non-hydrogen) atoms. The molecule has 0 radical (unpaired) electrons. The first-order valence-corrected chi connectivity index (χ1v) is 7.22. The first-order chi connectivity index (χ1) is 10.2. The minimum Gasteiger partial charge on any atom is -0.453 e. The quantitative estimate of drug-likeness (QED) is 0.888. The van der Waals surface area contributed by atoms with Crippen molar-refractivity contribution < 1.29 is 9.53 Å². The van der Waals surface area contributed by atoms with Gasteiger partial charge in [0.2, 0.25) is 0 Å². The Morgan fingerprint density at radius 3 is 3.09 bits per heavy atom. The third-order valence-corrected chi connectivity index (χ3v) is 4.07. The number of nitrogens with zero attached hydrogens (tertiary/aromatic N) is 2. The monoisotopic (exact) mass is 324 g/mol. The lowest BCUT2D eigenvalue weighted by Gasteiger charge is -2.31. The standard InChI is InChI=1S/C15H20N4O2.ClH/c1-21-15(20)19-6-2-3-11(9-19)10-4-5-12-13(7-10)18-14(8-16)17-12;/h4-5,7,11H,2-3,6,8-9,16H2,1H3,(H,17,18);1H. The van der Waals surface area contributed by atoms with Crippen LogP contribution in [0.3, 0.4) is 0 Å². The summed E-state index contributed by atoms with van der Waals surface area (Å²) in [6, 6.07) is 6.22. The number of aromatic amines is 1. The van der Waals surface area contributed by atoms with E-state index in [1.807, 2.05) is 6.07 Å². The van der Waals surface area contributed by atoms with E-state index in [0.717, 1.165) is 36.2 Å². The SMILES string of the molecule is COC(=O)N1CCCC(c2ccc3nc(CN)[nH]c3c2)C1.Cl. The fourth-order valence-corrected chi connectivity index (χ4v) is 2.97. The lowest BCUT2D eigenvalue weighted by molar-refractivity contribution is 0.111. The summed E-state index contributed by atoms with van der Waals surface area (Å²) >= 11 is 0. The molecule has 1 fully saturated rings. The molecule has 2 aromatic rings. The first kappa shape index (κ1) is 16.6. The van der Waals surface area contributed by atoms with Crippen LogP contribution in [0.5, 0.6) is 0 Å². The topological polar surface area (TPSA) is 84.2 Å². The predicted octanol–water partition coefficient (Wildman–Crippen LogP) is 2.39. The summed E-state index contributed by atoms with van der Waals surface area (Å²) in [6.07, 6.45) is 1.83. The van der Waals surface area contributed by atoms with E-state index in [9.17, 15) is 4.79 Å². The average Bonchev–Trinajstić information content (AvgIpc) is 2.96. The second-order valence-corrected chi connectivity index (χ2v) is 5.42. The van der Waals surface area contributed by atoms with Gasteiger partial charge in [-0.3, -0.25) is 0 Å². The molecule has 1 unspecified atom stereocenters. The average molecular weight is 325 g/mol. The molecule has 1 amide bonds. The normalized spacial score (nSPS) is 18.1. The third kappa shape index (κ3) is 3.18. The van der Waals surface area contributed by atoms with Crippen LogP contribution >= 0.6 is 12.4 Å². The molecule has 1 aliphatic heterocycles. The molecular weight excluding hydrogens is 304 g/mol. The number of fused-ring (bicyclic) bond motifs is 1. The summed E-state index contributed by atoms with van der Waals surface area (Å²) < 4.78 is 4.82. The second kappa shape index (κ2) is 6.98. The number of H-pyrrole nitrogens is 1. The van der Waals surface area contributed by atoms with Gasteiger partial charge < -0.3 is 20.4 Å². The Bertz CT molecular complexity index is 658. The fraction of sp³-hybridized carbons (Fsp3) is 0.467. The van der Waals surface area contributed by atoms with Crippen molar-refractivity contribution in [2.24, 2.45) is 5.73 Å². The summed E-state index contributed by atoms with van der Waals surface area (Å²) in [4.78, 5) is 21.1. The number of amides is 1. The summed E-state index contributed by atoms with van der Waals surface area (Å²) in [5.74, 6) is 1.13. The number of likely N-dealkylation sites (tertiary alicyclic amines) is 1. The Kier molecular flexibility index (Phi) is 5.26. The lowest BCUT2D eigenvalue weighted by atomic mass is 9.90. The third-order valence-electron chi connectivity index (χ3n) is 4.07. The number of imidazole rings is 1. The summed E-state index contributed by atoms with van der Waals surface area (Å²) in [6.45, 7) is 1.88. The maximum atomic E-state index is 11.7. The molecule has 3 N–H and O–H groups in total. The number of hydrogen-bond donors (Lipinski definition) is 2. The zero-order valence-electron chi connectivity index (χ0n) is 12.5. The number of hydrogen-bond acceptors (Lipinski definition) is 4. The van der Waals surface area contributed by atoms with Gasteiger partial charge in [-0.25, -0.2) is 9.78 Å². The van der Waals surface area contributed by atoms with Crippen molar-refractivity contribution in [2.75, 3.05) is 20.2 Å². The van der Waals surface area contributed by atoms with Crippen LogP contribution in [0.2, 0.25) is 0 Å². The van der Waals surface area contributed by atoms with Gasteiger partial charge >= 0.3 is 6.09 Å². The maximum absolute atomic E-state index is 11.7. The van der Waals surface area contributed by atoms with E-state index in [2.05, 4.69) is 22.1 Å². The molecule has 1 saturated heterocycles. The molecule has 2 heterocycles. The molecule has 0 aliphatic carbocycles. The van der Waals surface area contributed by atoms with Gasteiger partial charge in [0.15, 0.2) is 0 Å². The maximum Gasteiger partial charge on any atom is 0.409 e. The smallest absolute Gasteiger partial charge is 0.409 e. The molecular formula is C15H21ClN4O2. The van der Waals surface area contributed by atoms with E-state index < -0.39 is 0 Å². The highest BCUT2D eigenvalue weighted by Crippen LogP contribution is 2.29. The highest BCUT2D eigenvalue weighted by Gasteiger charge is 2.25. The lowest BCUT2D eigenvalue weighted by Crippen LogP contribution is -2.38. The van der Waals surface area contributed by atoms with Crippen molar-refractivity contribution in [3.8, 4) is 0 Å². The molecule has 7 heteroatoms. The molecule has 120 valence electrons. The van der Waals surface area contributed by atoms with Gasteiger partial charge in [-0.05, 0) is 30.5 Å². The Balaban J connectivity index is 0.00000176. The predicted molar refractivity (Wildman–Crippen MR) is 87.2 cm³/mol. The van der Waals surface area contributed by atoms with Crippen LogP contribution in [0, 0.1) is 0 Å². The zero-order valence-corrected chi connectivity index (χ0v) is 13.4. The molecule has 1 aliphatic rings. The second-order valence-electron chi connectivity index (χ2n) is 5.42. The number of carbonyl (C=O) groups excluding carboxylic acids is 1. The van der Waals surface area contributed by atoms with Crippen LogP contribution in [0.25, 0.3) is 11.0 Å². The van der Waals surface area contributed by atoms with E-state index in [0.29, 0.717) is 19.0 Å². The van der Waals surface area contributed by atoms with Crippen molar-refractivity contribution in [3.05, 3.63) is 29.6 Å². The minimum atomic E-state index is -0.243. The van der Waals surface area contributed by atoms with Gasteiger partial charge in [-0.2, -0.15) is 0 Å². The number of nitrogens with one attached hydrogen (secondary N) is 1. The van der Waals surface area contributed by atoms with Crippen molar-refractivity contribution in [3.63, 3.8) is 0 Å². The van der Waals surface area contributed by atoms with Crippen LogP contribution in [0.15, 0.2) is 18.2 Å². The van der Waals surface area contributed by atoms with Crippen molar-refractivity contribution in [1.29, 1.82) is 0 Å². The number of rotatable bonds is 2. The molecule has 0 saturated carbocycles. The Morgan fingerprint density at radius 1 is 1.55 bits per heavy atom.